The fourth-order valence-corrected chi connectivity index (χ4v) is 12.8. The highest BCUT2D eigenvalue weighted by atomic mass is 35.5. The summed E-state index contributed by atoms with van der Waals surface area (Å²) >= 11 is 6.25. The van der Waals surface area contributed by atoms with Gasteiger partial charge >= 0.3 is 0 Å². The number of H-pyrrole nitrogens is 1. The van der Waals surface area contributed by atoms with E-state index in [2.05, 4.69) is 65.0 Å². The first kappa shape index (κ1) is 48.5. The van der Waals surface area contributed by atoms with Crippen molar-refractivity contribution in [2.24, 2.45) is 9.78 Å². The number of aromatic nitrogens is 2. The summed E-state index contributed by atoms with van der Waals surface area (Å²) in [6, 6.07) is 20.5. The van der Waals surface area contributed by atoms with E-state index < -0.39 is 41.2 Å². The van der Waals surface area contributed by atoms with Gasteiger partial charge in [0.1, 0.15) is 22.8 Å². The molecule has 4 aliphatic rings. The van der Waals surface area contributed by atoms with Gasteiger partial charge in [0.2, 0.25) is 0 Å². The van der Waals surface area contributed by atoms with Crippen LogP contribution in [0.3, 0.4) is 0 Å². The number of hydrogen-bond donors (Lipinski definition) is 3. The third-order valence-corrected chi connectivity index (χ3v) is 17.6. The number of amides is 1. The summed E-state index contributed by atoms with van der Waals surface area (Å²) in [5.74, 6) is 0.595. The normalized spacial score (nSPS) is 19.3. The fourth-order valence-electron chi connectivity index (χ4n) is 9.42. The molecule has 0 bridgehead atoms. The number of carbonyl (C=O) groups excluding carboxylic acids is 1. The minimum Gasteiger partial charge on any atom is -0.455 e. The Morgan fingerprint density at radius 2 is 1.77 bits per heavy atom. The molecule has 19 heteroatoms. The van der Waals surface area contributed by atoms with Gasteiger partial charge in [0.25, 0.3) is 21.6 Å². The quantitative estimate of drug-likeness (QED) is 0.0628. The van der Waals surface area contributed by atoms with Crippen LogP contribution in [0.15, 0.2) is 100 Å². The summed E-state index contributed by atoms with van der Waals surface area (Å²) in [7, 11) is -6.75. The Hall–Kier alpha value is -5.53. The molecule has 16 nitrogen and oxygen atoms in total. The van der Waals surface area contributed by atoms with Crippen LogP contribution in [-0.4, -0.2) is 119 Å². The monoisotopic (exact) mass is 997 g/mol. The maximum Gasteiger partial charge on any atom is 0.293 e. The second-order valence-corrected chi connectivity index (χ2v) is 24.3. The second-order valence-electron chi connectivity index (χ2n) is 19.6. The number of anilines is 2. The summed E-state index contributed by atoms with van der Waals surface area (Å²) in [5, 5.41) is 17.0. The average molecular weight is 999 g/mol. The zero-order valence-corrected chi connectivity index (χ0v) is 41.7. The molecule has 2 aromatic heterocycles. The number of nitrogens with zero attached hydrogens (tertiary/aromatic N) is 6. The van der Waals surface area contributed by atoms with Crippen LogP contribution in [-0.2, 0) is 19.8 Å². The first-order chi connectivity index (χ1) is 33.0. The Bertz CT molecular complexity index is 3000. The molecule has 69 heavy (non-hydrogen) atoms. The van der Waals surface area contributed by atoms with Crippen molar-refractivity contribution in [3.05, 3.63) is 117 Å². The molecular formula is C50H60ClN9O7S2. The van der Waals surface area contributed by atoms with Crippen molar-refractivity contribution in [3.63, 3.8) is 0 Å². The number of nitro groups is 1. The number of carbonyl (C=O) groups is 1. The van der Waals surface area contributed by atoms with Crippen molar-refractivity contribution in [2.75, 3.05) is 74.1 Å². The number of ether oxygens (including phenoxy) is 1. The second kappa shape index (κ2) is 20.1. The lowest BCUT2D eigenvalue weighted by Crippen LogP contribution is -2.47. The van der Waals surface area contributed by atoms with E-state index in [-0.39, 0.29) is 34.5 Å². The van der Waals surface area contributed by atoms with Gasteiger partial charge in [0, 0.05) is 114 Å². The Kier molecular flexibility index (Phi) is 14.1. The predicted octanol–water partition coefficient (Wildman–Crippen LogP) is 8.96. The lowest BCUT2D eigenvalue weighted by atomic mass is 9.72. The number of benzene rings is 3. The third-order valence-electron chi connectivity index (χ3n) is 13.7. The summed E-state index contributed by atoms with van der Waals surface area (Å²) in [6.07, 6.45) is 9.16. The molecule has 366 valence electrons. The molecule has 3 fully saturated rings. The van der Waals surface area contributed by atoms with Crippen LogP contribution in [0.2, 0.25) is 5.02 Å². The van der Waals surface area contributed by atoms with Gasteiger partial charge in [-0.05, 0) is 111 Å². The van der Waals surface area contributed by atoms with Crippen molar-refractivity contribution in [2.45, 2.75) is 76.3 Å². The third kappa shape index (κ3) is 11.9. The molecule has 5 aromatic rings. The van der Waals surface area contributed by atoms with E-state index in [9.17, 15) is 27.5 Å². The van der Waals surface area contributed by atoms with E-state index in [0.717, 1.165) is 73.9 Å². The first-order valence-corrected chi connectivity index (χ1v) is 27.4. The molecule has 9 rings (SSSR count). The number of nitrogens with one attached hydrogen (secondary N) is 3. The molecule has 2 saturated heterocycles. The Balaban J connectivity index is 0.882. The first-order valence-electron chi connectivity index (χ1n) is 23.7. The maximum absolute atomic E-state index is 14.0. The number of sulfonamides is 1. The molecule has 2 aliphatic heterocycles. The number of piperazine rings is 1. The van der Waals surface area contributed by atoms with Gasteiger partial charge in [-0.25, -0.2) is 26.7 Å². The van der Waals surface area contributed by atoms with Gasteiger partial charge in [-0.3, -0.25) is 19.8 Å². The van der Waals surface area contributed by atoms with Gasteiger partial charge < -0.3 is 24.8 Å². The Morgan fingerprint density at radius 3 is 2.49 bits per heavy atom. The molecule has 3 aromatic carbocycles. The molecule has 4 heterocycles. The van der Waals surface area contributed by atoms with Crippen molar-refractivity contribution < 1.29 is 27.1 Å². The summed E-state index contributed by atoms with van der Waals surface area (Å²) < 4.78 is 53.8. The molecule has 3 N–H and O–H groups in total. The van der Waals surface area contributed by atoms with Gasteiger partial charge in [-0.2, -0.15) is 0 Å². The van der Waals surface area contributed by atoms with Gasteiger partial charge in [0.15, 0.2) is 0 Å². The molecule has 1 amide bonds. The van der Waals surface area contributed by atoms with Crippen molar-refractivity contribution in [1.29, 1.82) is 0 Å². The van der Waals surface area contributed by atoms with E-state index in [4.69, 9.17) is 16.3 Å². The van der Waals surface area contributed by atoms with Crippen LogP contribution >= 0.6 is 11.6 Å². The zero-order valence-electron chi connectivity index (χ0n) is 39.3. The molecule has 0 radical (unpaired) electrons. The van der Waals surface area contributed by atoms with Crippen LogP contribution in [0.1, 0.15) is 75.2 Å². The Morgan fingerprint density at radius 1 is 1.01 bits per heavy atom. The molecular weight excluding hydrogens is 938 g/mol. The predicted molar refractivity (Wildman–Crippen MR) is 272 cm³/mol. The lowest BCUT2D eigenvalue weighted by molar-refractivity contribution is -0.384. The highest BCUT2D eigenvalue weighted by molar-refractivity contribution is 7.93. The van der Waals surface area contributed by atoms with E-state index in [0.29, 0.717) is 62.0 Å². The lowest BCUT2D eigenvalue weighted by Gasteiger charge is -2.39. The van der Waals surface area contributed by atoms with Crippen LogP contribution in [0.4, 0.5) is 17.1 Å². The number of hydrogen-bond acceptors (Lipinski definition) is 13. The Labute approximate surface area is 409 Å². The largest absolute Gasteiger partial charge is 0.455 e. The SMILES string of the molecule is C[C@@H](CCN1CCS(=O)(=NC2CC2)CC1)Nc1ccc(S(=O)(=O)NC(=O)c2ccc(N3CCN(CC4=C(c5ccc(Cl)cc5)CC(C)(C)CC4)CC3)cc2Oc2cnc3[nH]ccc3c2)cc1[N+](=O)[O-]. The minimum absolute atomic E-state index is 0.0491. The number of aromatic amines is 1. The molecule has 0 spiro atoms. The zero-order chi connectivity index (χ0) is 48.5. The van der Waals surface area contributed by atoms with Crippen LogP contribution in [0.25, 0.3) is 16.6 Å². The summed E-state index contributed by atoms with van der Waals surface area (Å²) in [6.45, 7) is 12.6. The number of rotatable bonds is 16. The van der Waals surface area contributed by atoms with Gasteiger partial charge in [-0.1, -0.05) is 43.2 Å². The maximum atomic E-state index is 14.0. The van der Waals surface area contributed by atoms with E-state index in [1.54, 1.807) is 30.5 Å². The van der Waals surface area contributed by atoms with Crippen LogP contribution in [0, 0.1) is 15.5 Å². The summed E-state index contributed by atoms with van der Waals surface area (Å²) in [5.41, 5.74) is 5.43. The number of pyridine rings is 1. The average Bonchev–Trinajstić information content (AvgIpc) is 4.00. The molecule has 1 saturated carbocycles. The fraction of sp³-hybridized carbons (Fsp3) is 0.440. The van der Waals surface area contributed by atoms with E-state index in [1.165, 1.54) is 35.0 Å². The van der Waals surface area contributed by atoms with Gasteiger partial charge in [0.05, 0.1) is 27.6 Å². The van der Waals surface area contributed by atoms with E-state index >= 15 is 0 Å². The number of fused-ring (bicyclic) bond motifs is 1. The number of allylic oxidation sites excluding steroid dienone is 1. The highest BCUT2D eigenvalue weighted by Crippen LogP contribution is 2.43. The van der Waals surface area contributed by atoms with Crippen LogP contribution in [0.5, 0.6) is 11.5 Å². The summed E-state index contributed by atoms with van der Waals surface area (Å²) in [4.78, 5) is 39.7. The van der Waals surface area contributed by atoms with Crippen molar-refractivity contribution in [3.8, 4) is 11.5 Å². The molecule has 1 atom stereocenters. The molecule has 2 aliphatic carbocycles. The smallest absolute Gasteiger partial charge is 0.293 e. The van der Waals surface area contributed by atoms with Crippen molar-refractivity contribution in [1.82, 2.24) is 24.5 Å². The highest BCUT2D eigenvalue weighted by Gasteiger charge is 2.31. The van der Waals surface area contributed by atoms with E-state index in [1.807, 2.05) is 25.1 Å². The topological polar surface area (TPSA) is 195 Å². The molecule has 0 unspecified atom stereocenters. The van der Waals surface area contributed by atoms with Crippen LogP contribution < -0.4 is 19.7 Å². The standard InChI is InChI=1S/C50H60ClN9O7S2/c1-34(16-19-57-24-26-68(64,27-25-57)55-39-8-9-39)54-45-13-11-42(30-46(45)60(62)63)69(65,66)56-49(61)43-12-10-40(29-47(43)67-41-28-36-15-18-52-48(36)53-32-41)59-22-20-58(21-23-59)33-37-14-17-50(2,3)31-44(37)35-4-6-38(51)7-5-35/h4-7,10-13,15,18,28-30,32,34,39,54H,8-9,14,16-17,19-27,31,33H2,1-3H3,(H,52,53)(H,56,61)/t34-/m0/s1. The van der Waals surface area contributed by atoms with Crippen molar-refractivity contribution >= 4 is 70.9 Å². The minimum atomic E-state index is -4.60. The van der Waals surface area contributed by atoms with Gasteiger partial charge in [-0.15, -0.1) is 0 Å². The number of halogens is 1. The number of nitro benzene ring substituents is 1.